The van der Waals surface area contributed by atoms with Crippen molar-refractivity contribution in [1.82, 2.24) is 9.97 Å². The molecule has 0 bridgehead atoms. The molecule has 0 saturated heterocycles. The second-order valence-electron chi connectivity index (χ2n) is 4.00. The number of nitrogens with two attached hydrogens (primary N) is 1. The minimum absolute atomic E-state index is 0.0164. The average Bonchev–Trinajstić information content (AvgIpc) is 2.80. The molecule has 19 heavy (non-hydrogen) atoms. The van der Waals surface area contributed by atoms with E-state index in [4.69, 9.17) is 10.2 Å². The van der Waals surface area contributed by atoms with Crippen molar-refractivity contribution in [3.8, 4) is 0 Å². The van der Waals surface area contributed by atoms with Gasteiger partial charge in [-0.3, -0.25) is 10.1 Å². The molecule has 0 amide bonds. The van der Waals surface area contributed by atoms with Crippen LogP contribution in [0.25, 0.3) is 0 Å². The molecular formula is C11H13N5O3. The van der Waals surface area contributed by atoms with E-state index >= 15 is 0 Å². The lowest BCUT2D eigenvalue weighted by molar-refractivity contribution is -0.385. The van der Waals surface area contributed by atoms with Crippen LogP contribution >= 0.6 is 0 Å². The van der Waals surface area contributed by atoms with E-state index in [1.165, 1.54) is 13.2 Å². The number of nitrogens with one attached hydrogen (secondary N) is 1. The summed E-state index contributed by atoms with van der Waals surface area (Å²) in [6.07, 6.45) is 1.53. The summed E-state index contributed by atoms with van der Waals surface area (Å²) in [6, 6.07) is 3.23. The third-order valence-corrected chi connectivity index (χ3v) is 2.58. The Hall–Kier alpha value is -2.64. The minimum atomic E-state index is -0.536. The molecule has 1 unspecified atom stereocenters. The van der Waals surface area contributed by atoms with Gasteiger partial charge in [0.1, 0.15) is 11.5 Å². The number of furan rings is 1. The minimum Gasteiger partial charge on any atom is -0.467 e. The van der Waals surface area contributed by atoms with Crippen LogP contribution in [0.3, 0.4) is 0 Å². The standard InChI is InChI=1S/C11H13N5O3/c1-6(8-4-3-5-19-8)13-10-9(16(17)18)7(2)14-11(12)15-10/h3-6H,1-2H3,(H3,12,13,14,15). The van der Waals surface area contributed by atoms with Gasteiger partial charge in [0.15, 0.2) is 0 Å². The zero-order valence-corrected chi connectivity index (χ0v) is 10.5. The van der Waals surface area contributed by atoms with Crippen LogP contribution in [0, 0.1) is 17.0 Å². The fourth-order valence-electron chi connectivity index (χ4n) is 1.72. The highest BCUT2D eigenvalue weighted by molar-refractivity contribution is 5.60. The molecule has 0 spiro atoms. The van der Waals surface area contributed by atoms with E-state index in [0.717, 1.165) is 0 Å². The van der Waals surface area contributed by atoms with E-state index in [1.54, 1.807) is 19.1 Å². The van der Waals surface area contributed by atoms with Gasteiger partial charge in [0.25, 0.3) is 0 Å². The van der Waals surface area contributed by atoms with E-state index in [2.05, 4.69) is 15.3 Å². The number of aromatic nitrogens is 2. The third kappa shape index (κ3) is 2.62. The summed E-state index contributed by atoms with van der Waals surface area (Å²) in [7, 11) is 0. The summed E-state index contributed by atoms with van der Waals surface area (Å²) in [5.41, 5.74) is 5.54. The molecule has 0 saturated carbocycles. The van der Waals surface area contributed by atoms with Crippen LogP contribution in [-0.4, -0.2) is 14.9 Å². The van der Waals surface area contributed by atoms with Gasteiger partial charge in [0.2, 0.25) is 11.8 Å². The summed E-state index contributed by atoms with van der Waals surface area (Å²) < 4.78 is 5.22. The van der Waals surface area contributed by atoms with Crippen molar-refractivity contribution in [2.45, 2.75) is 19.9 Å². The number of rotatable bonds is 4. The predicted molar refractivity (Wildman–Crippen MR) is 68.6 cm³/mol. The Balaban J connectivity index is 2.36. The smallest absolute Gasteiger partial charge is 0.332 e. The number of hydrogen-bond acceptors (Lipinski definition) is 7. The Morgan fingerprint density at radius 3 is 2.84 bits per heavy atom. The van der Waals surface area contributed by atoms with Crippen LogP contribution in [0.1, 0.15) is 24.4 Å². The highest BCUT2D eigenvalue weighted by atomic mass is 16.6. The topological polar surface area (TPSA) is 120 Å². The molecule has 0 aromatic carbocycles. The lowest BCUT2D eigenvalue weighted by Gasteiger charge is -2.13. The van der Waals surface area contributed by atoms with Gasteiger partial charge in [0.05, 0.1) is 17.2 Å². The molecule has 0 aliphatic heterocycles. The van der Waals surface area contributed by atoms with E-state index < -0.39 is 4.92 Å². The monoisotopic (exact) mass is 263 g/mol. The van der Waals surface area contributed by atoms with Gasteiger partial charge >= 0.3 is 5.69 Å². The first-order valence-electron chi connectivity index (χ1n) is 5.57. The van der Waals surface area contributed by atoms with Crippen molar-refractivity contribution in [3.63, 3.8) is 0 Å². The molecule has 0 fully saturated rings. The molecule has 8 heteroatoms. The van der Waals surface area contributed by atoms with E-state index in [0.29, 0.717) is 5.76 Å². The van der Waals surface area contributed by atoms with Crippen LogP contribution in [0.4, 0.5) is 17.5 Å². The first-order valence-corrected chi connectivity index (χ1v) is 5.57. The number of anilines is 2. The highest BCUT2D eigenvalue weighted by Gasteiger charge is 2.23. The van der Waals surface area contributed by atoms with E-state index in [-0.39, 0.29) is 29.2 Å². The second kappa shape index (κ2) is 4.92. The van der Waals surface area contributed by atoms with Gasteiger partial charge in [-0.25, -0.2) is 4.98 Å². The Kier molecular flexibility index (Phi) is 3.32. The molecule has 0 aliphatic carbocycles. The highest BCUT2D eigenvalue weighted by Crippen LogP contribution is 2.29. The van der Waals surface area contributed by atoms with Crippen molar-refractivity contribution in [2.75, 3.05) is 11.1 Å². The number of nitrogen functional groups attached to an aromatic ring is 1. The van der Waals surface area contributed by atoms with Gasteiger partial charge < -0.3 is 15.5 Å². The molecule has 2 aromatic heterocycles. The molecule has 100 valence electrons. The van der Waals surface area contributed by atoms with Gasteiger partial charge in [-0.05, 0) is 26.0 Å². The number of nitro groups is 1. The molecule has 2 rings (SSSR count). The van der Waals surface area contributed by atoms with Crippen molar-refractivity contribution in [2.24, 2.45) is 0 Å². The first kappa shape index (κ1) is 12.8. The fraction of sp³-hybridized carbons (Fsp3) is 0.273. The fourth-order valence-corrected chi connectivity index (χ4v) is 1.72. The maximum atomic E-state index is 11.0. The average molecular weight is 263 g/mol. The molecule has 2 aromatic rings. The number of nitrogens with zero attached hydrogens (tertiary/aromatic N) is 3. The number of hydrogen-bond donors (Lipinski definition) is 2. The Labute approximate surface area is 108 Å². The van der Waals surface area contributed by atoms with Gasteiger partial charge in [-0.1, -0.05) is 0 Å². The molecule has 8 nitrogen and oxygen atoms in total. The van der Waals surface area contributed by atoms with Gasteiger partial charge in [-0.2, -0.15) is 4.98 Å². The molecular weight excluding hydrogens is 250 g/mol. The largest absolute Gasteiger partial charge is 0.467 e. The Bertz CT molecular complexity index is 597. The maximum absolute atomic E-state index is 11.0. The number of aryl methyl sites for hydroxylation is 1. The zero-order chi connectivity index (χ0) is 14.0. The summed E-state index contributed by atoms with van der Waals surface area (Å²) in [6.45, 7) is 3.31. The van der Waals surface area contributed by atoms with Crippen molar-refractivity contribution in [3.05, 3.63) is 40.0 Å². The molecule has 0 radical (unpaired) electrons. The van der Waals surface area contributed by atoms with Crippen LogP contribution < -0.4 is 11.1 Å². The second-order valence-corrected chi connectivity index (χ2v) is 4.00. The van der Waals surface area contributed by atoms with Crippen molar-refractivity contribution < 1.29 is 9.34 Å². The maximum Gasteiger partial charge on any atom is 0.332 e. The van der Waals surface area contributed by atoms with E-state index in [9.17, 15) is 10.1 Å². The quantitative estimate of drug-likeness (QED) is 0.639. The summed E-state index contributed by atoms with van der Waals surface area (Å²) in [5.74, 6) is 0.709. The van der Waals surface area contributed by atoms with Crippen LogP contribution in [-0.2, 0) is 0 Å². The normalized spacial score (nSPS) is 12.1. The molecule has 2 heterocycles. The third-order valence-electron chi connectivity index (χ3n) is 2.58. The SMILES string of the molecule is Cc1nc(N)nc(NC(C)c2ccco2)c1[N+](=O)[O-]. The zero-order valence-electron chi connectivity index (χ0n) is 10.5. The molecule has 0 aliphatic rings. The van der Waals surface area contributed by atoms with E-state index in [1.807, 2.05) is 0 Å². The Morgan fingerprint density at radius 2 is 2.26 bits per heavy atom. The lowest BCUT2D eigenvalue weighted by Crippen LogP contribution is -2.12. The summed E-state index contributed by atoms with van der Waals surface area (Å²) >= 11 is 0. The van der Waals surface area contributed by atoms with Crippen molar-refractivity contribution in [1.29, 1.82) is 0 Å². The Morgan fingerprint density at radius 1 is 1.53 bits per heavy atom. The van der Waals surface area contributed by atoms with Crippen LogP contribution in [0.5, 0.6) is 0 Å². The molecule has 1 atom stereocenters. The first-order chi connectivity index (χ1) is 8.99. The van der Waals surface area contributed by atoms with Crippen LogP contribution in [0.2, 0.25) is 0 Å². The summed E-state index contributed by atoms with van der Waals surface area (Å²) in [4.78, 5) is 18.2. The van der Waals surface area contributed by atoms with Crippen molar-refractivity contribution >= 4 is 17.5 Å². The van der Waals surface area contributed by atoms with Crippen LogP contribution in [0.15, 0.2) is 22.8 Å². The summed E-state index contributed by atoms with van der Waals surface area (Å²) in [5, 5.41) is 14.0. The predicted octanol–water partition coefficient (Wildman–Crippen LogP) is 2.04. The lowest BCUT2D eigenvalue weighted by atomic mass is 10.2. The van der Waals surface area contributed by atoms with Gasteiger partial charge in [0, 0.05) is 0 Å². The molecule has 3 N–H and O–H groups in total. The van der Waals surface area contributed by atoms with Gasteiger partial charge in [-0.15, -0.1) is 0 Å².